The first-order chi connectivity index (χ1) is 11.0. The highest BCUT2D eigenvalue weighted by molar-refractivity contribution is 5.77. The van der Waals surface area contributed by atoms with Gasteiger partial charge in [-0.05, 0) is 43.9 Å². The monoisotopic (exact) mass is 325 g/mol. The number of aliphatic hydroxyl groups is 1. The second-order valence-corrected chi connectivity index (χ2v) is 6.29. The number of β-amino-alcohol motifs (C(OH)–C–C–N with tert-alkyl or cyclic N) is 1. The lowest BCUT2D eigenvalue weighted by Crippen LogP contribution is -2.32. The lowest BCUT2D eigenvalue weighted by atomic mass is 10.0. The predicted octanol–water partition coefficient (Wildman–Crippen LogP) is 2.56. The molecule has 6 heteroatoms. The standard InChI is InChI=1S/C17H21F2NO3/c18-11-3-5-15(19)14(8-11)16-9-12(21)10-20(16)17(22)6-4-13-2-1-7-23-13/h3,5,8,12-13,16,21H,1-2,4,6-7,9-10H2. The molecule has 1 N–H and O–H groups in total. The van der Waals surface area contributed by atoms with Crippen LogP contribution >= 0.6 is 0 Å². The van der Waals surface area contributed by atoms with Crippen molar-refractivity contribution in [2.24, 2.45) is 0 Å². The molecule has 0 aromatic heterocycles. The minimum absolute atomic E-state index is 0.107. The number of ether oxygens (including phenoxy) is 1. The summed E-state index contributed by atoms with van der Waals surface area (Å²) in [4.78, 5) is 13.9. The largest absolute Gasteiger partial charge is 0.391 e. The molecule has 1 aromatic rings. The fourth-order valence-corrected chi connectivity index (χ4v) is 3.45. The molecule has 4 nitrogen and oxygen atoms in total. The number of carbonyl (C=O) groups excluding carboxylic acids is 1. The zero-order chi connectivity index (χ0) is 16.4. The Balaban J connectivity index is 1.71. The van der Waals surface area contributed by atoms with Gasteiger partial charge in [0.15, 0.2) is 0 Å². The van der Waals surface area contributed by atoms with Gasteiger partial charge in [-0.1, -0.05) is 0 Å². The van der Waals surface area contributed by atoms with Gasteiger partial charge >= 0.3 is 0 Å². The number of amides is 1. The Morgan fingerprint density at radius 1 is 1.39 bits per heavy atom. The first-order valence-electron chi connectivity index (χ1n) is 8.08. The van der Waals surface area contributed by atoms with Gasteiger partial charge < -0.3 is 14.7 Å². The Kier molecular flexibility index (Phi) is 4.92. The molecule has 3 atom stereocenters. The van der Waals surface area contributed by atoms with Crippen LogP contribution in [0.5, 0.6) is 0 Å². The minimum atomic E-state index is -0.714. The van der Waals surface area contributed by atoms with Crippen molar-refractivity contribution < 1.29 is 23.4 Å². The van der Waals surface area contributed by atoms with E-state index in [0.717, 1.165) is 37.6 Å². The van der Waals surface area contributed by atoms with E-state index >= 15 is 0 Å². The van der Waals surface area contributed by atoms with Gasteiger partial charge in [0.1, 0.15) is 11.6 Å². The molecule has 0 saturated carbocycles. The molecule has 1 amide bonds. The summed E-state index contributed by atoms with van der Waals surface area (Å²) < 4.78 is 32.9. The second-order valence-electron chi connectivity index (χ2n) is 6.29. The number of hydrogen-bond acceptors (Lipinski definition) is 3. The second kappa shape index (κ2) is 6.93. The topological polar surface area (TPSA) is 49.8 Å². The number of hydrogen-bond donors (Lipinski definition) is 1. The fraction of sp³-hybridized carbons (Fsp3) is 0.588. The molecule has 1 aromatic carbocycles. The summed E-state index contributed by atoms with van der Waals surface area (Å²) in [6.07, 6.45) is 2.52. The molecular formula is C17H21F2NO3. The van der Waals surface area contributed by atoms with Crippen LogP contribution in [0.2, 0.25) is 0 Å². The van der Waals surface area contributed by atoms with E-state index in [9.17, 15) is 18.7 Å². The van der Waals surface area contributed by atoms with Crippen LogP contribution in [0.1, 0.15) is 43.7 Å². The first-order valence-corrected chi connectivity index (χ1v) is 8.08. The Bertz CT molecular complexity index is 575. The highest BCUT2D eigenvalue weighted by Gasteiger charge is 2.36. The maximum absolute atomic E-state index is 14.0. The van der Waals surface area contributed by atoms with Gasteiger partial charge in [-0.15, -0.1) is 0 Å². The third kappa shape index (κ3) is 3.70. The van der Waals surface area contributed by atoms with Crippen LogP contribution in [0.3, 0.4) is 0 Å². The molecular weight excluding hydrogens is 304 g/mol. The SMILES string of the molecule is O=C(CCC1CCCO1)N1CC(O)CC1c1cc(F)ccc1F. The van der Waals surface area contributed by atoms with Crippen molar-refractivity contribution in [2.45, 2.75) is 50.4 Å². The lowest BCUT2D eigenvalue weighted by molar-refractivity contribution is -0.133. The van der Waals surface area contributed by atoms with Gasteiger partial charge in [0.25, 0.3) is 0 Å². The van der Waals surface area contributed by atoms with E-state index in [1.54, 1.807) is 0 Å². The average Bonchev–Trinajstić information content (AvgIpc) is 3.16. The van der Waals surface area contributed by atoms with Crippen LogP contribution in [0.15, 0.2) is 18.2 Å². The van der Waals surface area contributed by atoms with Gasteiger partial charge in [-0.2, -0.15) is 0 Å². The van der Waals surface area contributed by atoms with Crippen molar-refractivity contribution in [3.8, 4) is 0 Å². The summed E-state index contributed by atoms with van der Waals surface area (Å²) in [5.41, 5.74) is 0.131. The molecule has 0 bridgehead atoms. The summed E-state index contributed by atoms with van der Waals surface area (Å²) in [5.74, 6) is -1.25. The molecule has 3 unspecified atom stereocenters. The van der Waals surface area contributed by atoms with Gasteiger partial charge in [0.2, 0.25) is 5.91 Å². The van der Waals surface area contributed by atoms with Crippen molar-refractivity contribution in [3.63, 3.8) is 0 Å². The van der Waals surface area contributed by atoms with E-state index in [1.807, 2.05) is 0 Å². The highest BCUT2D eigenvalue weighted by atomic mass is 19.1. The lowest BCUT2D eigenvalue weighted by Gasteiger charge is -2.25. The quantitative estimate of drug-likeness (QED) is 0.925. The number of likely N-dealkylation sites (tertiary alicyclic amines) is 1. The van der Waals surface area contributed by atoms with Crippen LogP contribution in [0.25, 0.3) is 0 Å². The maximum Gasteiger partial charge on any atom is 0.223 e. The van der Waals surface area contributed by atoms with Crippen LogP contribution in [-0.4, -0.2) is 41.3 Å². The third-order valence-corrected chi connectivity index (χ3v) is 4.62. The molecule has 2 heterocycles. The van der Waals surface area contributed by atoms with Gasteiger partial charge in [0, 0.05) is 25.1 Å². The number of aliphatic hydroxyl groups excluding tert-OH is 1. The molecule has 3 rings (SSSR count). The van der Waals surface area contributed by atoms with Crippen molar-refractivity contribution in [1.82, 2.24) is 4.90 Å². The van der Waals surface area contributed by atoms with E-state index in [1.165, 1.54) is 4.90 Å². The molecule has 2 aliphatic heterocycles. The first kappa shape index (κ1) is 16.3. The van der Waals surface area contributed by atoms with E-state index in [-0.39, 0.29) is 30.5 Å². The van der Waals surface area contributed by atoms with E-state index in [4.69, 9.17) is 4.74 Å². The van der Waals surface area contributed by atoms with Gasteiger partial charge in [0.05, 0.1) is 18.2 Å². The number of halogens is 2. The molecule has 0 spiro atoms. The van der Waals surface area contributed by atoms with Crippen molar-refractivity contribution in [2.75, 3.05) is 13.2 Å². The van der Waals surface area contributed by atoms with E-state index in [2.05, 4.69) is 0 Å². The van der Waals surface area contributed by atoms with Crippen LogP contribution in [0, 0.1) is 11.6 Å². The van der Waals surface area contributed by atoms with Crippen LogP contribution in [0.4, 0.5) is 8.78 Å². The van der Waals surface area contributed by atoms with Crippen molar-refractivity contribution in [3.05, 3.63) is 35.4 Å². The summed E-state index contributed by atoms with van der Waals surface area (Å²) >= 11 is 0. The summed E-state index contributed by atoms with van der Waals surface area (Å²) in [7, 11) is 0. The molecule has 0 radical (unpaired) electrons. The Morgan fingerprint density at radius 2 is 2.22 bits per heavy atom. The maximum atomic E-state index is 14.0. The zero-order valence-corrected chi connectivity index (χ0v) is 12.9. The molecule has 2 fully saturated rings. The Hall–Kier alpha value is -1.53. The van der Waals surface area contributed by atoms with Crippen LogP contribution < -0.4 is 0 Å². The highest BCUT2D eigenvalue weighted by Crippen LogP contribution is 2.35. The third-order valence-electron chi connectivity index (χ3n) is 4.62. The predicted molar refractivity (Wildman–Crippen MR) is 79.6 cm³/mol. The average molecular weight is 325 g/mol. The molecule has 23 heavy (non-hydrogen) atoms. The number of carbonyl (C=O) groups is 1. The van der Waals surface area contributed by atoms with Crippen LogP contribution in [-0.2, 0) is 9.53 Å². The molecule has 0 aliphatic carbocycles. The van der Waals surface area contributed by atoms with Gasteiger partial charge in [-0.3, -0.25) is 4.79 Å². The molecule has 126 valence electrons. The molecule has 2 aliphatic rings. The Morgan fingerprint density at radius 3 is 2.96 bits per heavy atom. The normalized spacial score (nSPS) is 27.6. The van der Waals surface area contributed by atoms with Crippen molar-refractivity contribution in [1.29, 1.82) is 0 Å². The summed E-state index contributed by atoms with van der Waals surface area (Å²) in [5, 5.41) is 9.89. The smallest absolute Gasteiger partial charge is 0.223 e. The van der Waals surface area contributed by atoms with Gasteiger partial charge in [-0.25, -0.2) is 8.78 Å². The number of nitrogens with zero attached hydrogens (tertiary/aromatic N) is 1. The van der Waals surface area contributed by atoms with Crippen molar-refractivity contribution >= 4 is 5.91 Å². The Labute approximate surface area is 134 Å². The summed E-state index contributed by atoms with van der Waals surface area (Å²) in [6.45, 7) is 0.892. The van der Waals surface area contributed by atoms with E-state index in [0.29, 0.717) is 12.8 Å². The minimum Gasteiger partial charge on any atom is -0.391 e. The summed E-state index contributed by atoms with van der Waals surface area (Å²) in [6, 6.07) is 2.61. The fourth-order valence-electron chi connectivity index (χ4n) is 3.45. The molecule has 2 saturated heterocycles. The zero-order valence-electron chi connectivity index (χ0n) is 12.9. The number of rotatable bonds is 4. The van der Waals surface area contributed by atoms with E-state index < -0.39 is 23.8 Å². The number of benzene rings is 1.